The minimum atomic E-state index is -0.213. The third-order valence-electron chi connectivity index (χ3n) is 5.48. The van der Waals surface area contributed by atoms with E-state index >= 15 is 0 Å². The second kappa shape index (κ2) is 8.02. The molecule has 1 amide bonds. The molecule has 11 nitrogen and oxygen atoms in total. The lowest BCUT2D eigenvalue weighted by Gasteiger charge is -2.27. The van der Waals surface area contributed by atoms with E-state index < -0.39 is 0 Å². The van der Waals surface area contributed by atoms with Gasteiger partial charge >= 0.3 is 0 Å². The summed E-state index contributed by atoms with van der Waals surface area (Å²) in [6.45, 7) is 3.05. The minimum absolute atomic E-state index is 0.0367. The Morgan fingerprint density at radius 2 is 2.00 bits per heavy atom. The quantitative estimate of drug-likeness (QED) is 0.488. The van der Waals surface area contributed by atoms with Crippen molar-refractivity contribution in [3.8, 4) is 17.1 Å². The van der Waals surface area contributed by atoms with Crippen LogP contribution < -0.4 is 20.3 Å². The number of fused-ring (bicyclic) bond motifs is 2. The van der Waals surface area contributed by atoms with Crippen molar-refractivity contribution >= 4 is 34.6 Å². The molecule has 0 radical (unpaired) electrons. The molecule has 0 spiro atoms. The number of imidazole rings is 1. The average Bonchev–Trinajstić information content (AvgIpc) is 3.34. The van der Waals surface area contributed by atoms with Gasteiger partial charge in [0.15, 0.2) is 18.1 Å². The van der Waals surface area contributed by atoms with Crippen LogP contribution in [0.25, 0.3) is 16.9 Å². The summed E-state index contributed by atoms with van der Waals surface area (Å²) in [7, 11) is 0. The zero-order valence-electron chi connectivity index (χ0n) is 17.6. The Kier molecular flexibility index (Phi) is 4.73. The van der Waals surface area contributed by atoms with E-state index in [9.17, 15) is 4.79 Å². The zero-order chi connectivity index (χ0) is 22.2. The lowest BCUT2D eigenvalue weighted by atomic mass is 10.2. The van der Waals surface area contributed by atoms with Crippen LogP contribution in [0.2, 0.25) is 0 Å². The molecule has 4 aromatic rings. The maximum absolute atomic E-state index is 11.7. The molecule has 2 N–H and O–H groups in total. The van der Waals surface area contributed by atoms with Gasteiger partial charge in [-0.3, -0.25) is 4.79 Å². The molecule has 4 aromatic heterocycles. The summed E-state index contributed by atoms with van der Waals surface area (Å²) < 4.78 is 12.6. The Bertz CT molecular complexity index is 1330. The van der Waals surface area contributed by atoms with Gasteiger partial charge in [0.1, 0.15) is 11.5 Å². The molecule has 166 valence electrons. The number of nitrogens with zero attached hydrogens (tertiary/aromatic N) is 6. The van der Waals surface area contributed by atoms with Crippen LogP contribution in [0.3, 0.4) is 0 Å². The van der Waals surface area contributed by atoms with E-state index in [1.54, 1.807) is 24.7 Å². The number of carbonyl (C=O) groups excluding carboxylic acids is 1. The fourth-order valence-corrected chi connectivity index (χ4v) is 3.85. The lowest BCUT2D eigenvalue weighted by molar-refractivity contribution is -0.118. The maximum atomic E-state index is 11.7. The van der Waals surface area contributed by atoms with E-state index in [1.807, 2.05) is 28.9 Å². The Balaban J connectivity index is 1.31. The van der Waals surface area contributed by atoms with Crippen molar-refractivity contribution in [3.63, 3.8) is 0 Å². The first-order valence-electron chi connectivity index (χ1n) is 10.6. The molecule has 1 fully saturated rings. The molecule has 0 aromatic carbocycles. The van der Waals surface area contributed by atoms with Crippen LogP contribution in [-0.4, -0.2) is 63.2 Å². The third-order valence-corrected chi connectivity index (χ3v) is 5.48. The number of pyridine rings is 2. The molecule has 6 heterocycles. The normalized spacial score (nSPS) is 15.6. The first-order chi connectivity index (χ1) is 16.2. The number of hydrogen-bond acceptors (Lipinski definition) is 9. The van der Waals surface area contributed by atoms with E-state index in [1.165, 1.54) is 0 Å². The summed E-state index contributed by atoms with van der Waals surface area (Å²) in [5.41, 5.74) is 3.40. The number of anilines is 4. The first-order valence-corrected chi connectivity index (χ1v) is 10.6. The highest BCUT2D eigenvalue weighted by molar-refractivity contribution is 5.95. The molecule has 0 bridgehead atoms. The van der Waals surface area contributed by atoms with E-state index in [4.69, 9.17) is 14.5 Å². The monoisotopic (exact) mass is 444 g/mol. The van der Waals surface area contributed by atoms with E-state index in [-0.39, 0.29) is 12.5 Å². The van der Waals surface area contributed by atoms with Crippen molar-refractivity contribution in [2.75, 3.05) is 48.4 Å². The highest BCUT2D eigenvalue weighted by Gasteiger charge is 2.19. The van der Waals surface area contributed by atoms with Crippen LogP contribution in [0.4, 0.5) is 23.0 Å². The van der Waals surface area contributed by atoms with Gasteiger partial charge in [0.05, 0.1) is 30.8 Å². The van der Waals surface area contributed by atoms with E-state index in [2.05, 4.69) is 30.5 Å². The molecular formula is C22H20N8O3. The average molecular weight is 444 g/mol. The number of hydrogen-bond donors (Lipinski definition) is 2. The summed E-state index contributed by atoms with van der Waals surface area (Å²) in [6.07, 6.45) is 8.88. The molecule has 6 rings (SSSR count). The van der Waals surface area contributed by atoms with Crippen LogP contribution in [0.5, 0.6) is 5.88 Å². The van der Waals surface area contributed by atoms with Gasteiger partial charge in [-0.15, -0.1) is 0 Å². The van der Waals surface area contributed by atoms with Gasteiger partial charge < -0.3 is 29.4 Å². The van der Waals surface area contributed by atoms with Crippen molar-refractivity contribution in [1.29, 1.82) is 0 Å². The Labute approximate surface area is 188 Å². The number of aromatic nitrogens is 5. The number of morpholine rings is 1. The molecule has 2 aliphatic rings. The molecular weight excluding hydrogens is 424 g/mol. The van der Waals surface area contributed by atoms with Gasteiger partial charge in [-0.1, -0.05) is 0 Å². The smallest absolute Gasteiger partial charge is 0.262 e. The topological polar surface area (TPSA) is 119 Å². The molecule has 2 aliphatic heterocycles. The predicted molar refractivity (Wildman–Crippen MR) is 121 cm³/mol. The highest BCUT2D eigenvalue weighted by Crippen LogP contribution is 2.31. The van der Waals surface area contributed by atoms with Gasteiger partial charge in [-0.05, 0) is 18.2 Å². The van der Waals surface area contributed by atoms with Crippen LogP contribution in [0.1, 0.15) is 0 Å². The van der Waals surface area contributed by atoms with Crippen LogP contribution in [0.15, 0.2) is 49.2 Å². The number of carbonyl (C=O) groups is 1. The largest absolute Gasteiger partial charge is 0.466 e. The Morgan fingerprint density at radius 3 is 2.85 bits per heavy atom. The first kappa shape index (κ1) is 19.4. The van der Waals surface area contributed by atoms with Crippen molar-refractivity contribution in [2.24, 2.45) is 0 Å². The summed E-state index contributed by atoms with van der Waals surface area (Å²) in [4.78, 5) is 32.0. The maximum Gasteiger partial charge on any atom is 0.262 e. The van der Waals surface area contributed by atoms with Gasteiger partial charge in [0.25, 0.3) is 5.91 Å². The summed E-state index contributed by atoms with van der Waals surface area (Å²) in [5, 5.41) is 6.11. The zero-order valence-corrected chi connectivity index (χ0v) is 17.6. The number of ether oxygens (including phenoxy) is 2. The molecule has 0 saturated carbocycles. The highest BCUT2D eigenvalue weighted by atomic mass is 16.5. The molecule has 0 unspecified atom stereocenters. The predicted octanol–water partition coefficient (Wildman–Crippen LogP) is 2.10. The number of amides is 1. The van der Waals surface area contributed by atoms with Crippen LogP contribution in [-0.2, 0) is 9.53 Å². The molecule has 11 heteroatoms. The summed E-state index contributed by atoms with van der Waals surface area (Å²) in [5.74, 6) is 1.68. The van der Waals surface area contributed by atoms with Gasteiger partial charge in [-0.2, -0.15) is 0 Å². The molecule has 0 atom stereocenters. The molecule has 33 heavy (non-hydrogen) atoms. The van der Waals surface area contributed by atoms with Gasteiger partial charge in [0.2, 0.25) is 5.88 Å². The van der Waals surface area contributed by atoms with Crippen LogP contribution >= 0.6 is 0 Å². The van der Waals surface area contributed by atoms with E-state index in [0.29, 0.717) is 41.9 Å². The summed E-state index contributed by atoms with van der Waals surface area (Å²) >= 11 is 0. The summed E-state index contributed by atoms with van der Waals surface area (Å²) in [6, 6.07) is 5.75. The Morgan fingerprint density at radius 1 is 1.09 bits per heavy atom. The van der Waals surface area contributed by atoms with Crippen molar-refractivity contribution < 1.29 is 14.3 Å². The minimum Gasteiger partial charge on any atom is -0.466 e. The number of rotatable bonds is 4. The Hall–Kier alpha value is -4.25. The van der Waals surface area contributed by atoms with Gasteiger partial charge in [0, 0.05) is 43.4 Å². The number of nitrogens with one attached hydrogen (secondary N) is 2. The fraction of sp³-hybridized carbons (Fsp3) is 0.227. The third kappa shape index (κ3) is 3.78. The van der Waals surface area contributed by atoms with Gasteiger partial charge in [-0.25, -0.2) is 19.9 Å². The van der Waals surface area contributed by atoms with Crippen molar-refractivity contribution in [3.05, 3.63) is 49.2 Å². The van der Waals surface area contributed by atoms with Crippen LogP contribution in [0, 0.1) is 0 Å². The van der Waals surface area contributed by atoms with E-state index in [0.717, 1.165) is 30.2 Å². The standard InChI is InChI=1S/C22H20N8O3/c31-19-13-33-22-16(27-19)9-14(10-25-22)17-12-30-4-3-23-21(30)20(28-17)26-15-1-2-18(24-11-15)29-5-7-32-8-6-29/h1-4,9-12H,5-8,13H2,(H,26,28)(H,27,31). The second-order valence-corrected chi connectivity index (χ2v) is 7.68. The molecule has 1 saturated heterocycles. The van der Waals surface area contributed by atoms with Crippen molar-refractivity contribution in [1.82, 2.24) is 24.3 Å². The molecule has 0 aliphatic carbocycles. The second-order valence-electron chi connectivity index (χ2n) is 7.68. The SMILES string of the molecule is O=C1COc2ncc(-c3cn4ccnc4c(Nc4ccc(N5CCOCC5)nc4)n3)cc2N1. The lowest BCUT2D eigenvalue weighted by Crippen LogP contribution is -2.36. The fourth-order valence-electron chi connectivity index (χ4n) is 3.85. The van der Waals surface area contributed by atoms with Crippen molar-refractivity contribution in [2.45, 2.75) is 0 Å².